The van der Waals surface area contributed by atoms with Crippen LogP contribution in [0.3, 0.4) is 0 Å². The van der Waals surface area contributed by atoms with Crippen molar-refractivity contribution in [3.05, 3.63) is 26.6 Å². The summed E-state index contributed by atoms with van der Waals surface area (Å²) in [4.78, 5) is 25.2. The third-order valence-electron chi connectivity index (χ3n) is 3.81. The summed E-state index contributed by atoms with van der Waals surface area (Å²) in [6.07, 6.45) is 0.890. The Kier molecular flexibility index (Phi) is 4.93. The SMILES string of the molecule is CC[C@@H](C(N)=O)N1CC(c2cc(N)c(Br)cc2Br)CC1=O. The van der Waals surface area contributed by atoms with Gasteiger partial charge in [0.1, 0.15) is 6.04 Å². The van der Waals surface area contributed by atoms with Crippen LogP contribution in [0.15, 0.2) is 21.1 Å². The van der Waals surface area contributed by atoms with Gasteiger partial charge >= 0.3 is 0 Å². The van der Waals surface area contributed by atoms with Crippen LogP contribution in [0, 0.1) is 0 Å². The molecule has 1 unspecified atom stereocenters. The molecule has 2 atom stereocenters. The van der Waals surface area contributed by atoms with Crippen LogP contribution in [0.1, 0.15) is 31.2 Å². The van der Waals surface area contributed by atoms with Crippen molar-refractivity contribution in [3.63, 3.8) is 0 Å². The van der Waals surface area contributed by atoms with E-state index in [1.54, 1.807) is 4.90 Å². The topological polar surface area (TPSA) is 89.4 Å². The normalized spacial score (nSPS) is 19.9. The molecule has 114 valence electrons. The second-order valence-electron chi connectivity index (χ2n) is 5.17. The molecule has 1 fully saturated rings. The molecular weight excluding hydrogens is 402 g/mol. The zero-order valence-electron chi connectivity index (χ0n) is 11.6. The summed E-state index contributed by atoms with van der Waals surface area (Å²) >= 11 is 6.88. The molecule has 1 saturated heterocycles. The van der Waals surface area contributed by atoms with Gasteiger partial charge in [-0.2, -0.15) is 0 Å². The number of likely N-dealkylation sites (tertiary alicyclic amines) is 1. The average molecular weight is 419 g/mol. The summed E-state index contributed by atoms with van der Waals surface area (Å²) in [5.74, 6) is -0.490. The first-order valence-corrected chi connectivity index (χ1v) is 8.27. The highest BCUT2D eigenvalue weighted by Crippen LogP contribution is 2.37. The van der Waals surface area contributed by atoms with E-state index in [2.05, 4.69) is 31.9 Å². The third kappa shape index (κ3) is 3.23. The van der Waals surface area contributed by atoms with Gasteiger partial charge in [0.05, 0.1) is 0 Å². The van der Waals surface area contributed by atoms with E-state index in [9.17, 15) is 9.59 Å². The van der Waals surface area contributed by atoms with Gasteiger partial charge in [-0.1, -0.05) is 22.9 Å². The quantitative estimate of drug-likeness (QED) is 0.735. The molecule has 0 aliphatic carbocycles. The lowest BCUT2D eigenvalue weighted by molar-refractivity contribution is -0.136. The predicted molar refractivity (Wildman–Crippen MR) is 88.6 cm³/mol. The molecule has 0 aromatic heterocycles. The van der Waals surface area contributed by atoms with Crippen LogP contribution in [0.25, 0.3) is 0 Å². The molecule has 21 heavy (non-hydrogen) atoms. The van der Waals surface area contributed by atoms with Crippen molar-refractivity contribution in [3.8, 4) is 0 Å². The summed E-state index contributed by atoms with van der Waals surface area (Å²) in [5, 5.41) is 0. The molecule has 0 radical (unpaired) electrons. The summed E-state index contributed by atoms with van der Waals surface area (Å²) in [5.41, 5.74) is 12.9. The second-order valence-corrected chi connectivity index (χ2v) is 6.88. The number of carbonyl (C=O) groups excluding carboxylic acids is 2. The summed E-state index contributed by atoms with van der Waals surface area (Å²) in [6, 6.07) is 3.21. The van der Waals surface area contributed by atoms with Crippen molar-refractivity contribution in [1.82, 2.24) is 4.90 Å². The Hall–Kier alpha value is -1.08. The lowest BCUT2D eigenvalue weighted by Crippen LogP contribution is -2.45. The van der Waals surface area contributed by atoms with E-state index in [4.69, 9.17) is 11.5 Å². The van der Waals surface area contributed by atoms with Gasteiger partial charge in [-0.15, -0.1) is 0 Å². The highest BCUT2D eigenvalue weighted by molar-refractivity contribution is 9.11. The fourth-order valence-corrected chi connectivity index (χ4v) is 4.03. The minimum absolute atomic E-state index is 0.00988. The number of amides is 2. The van der Waals surface area contributed by atoms with Crippen LogP contribution in [-0.4, -0.2) is 29.3 Å². The maximum absolute atomic E-state index is 12.2. The van der Waals surface area contributed by atoms with E-state index >= 15 is 0 Å². The van der Waals surface area contributed by atoms with Gasteiger partial charge < -0.3 is 16.4 Å². The number of nitrogens with zero attached hydrogens (tertiary/aromatic N) is 1. The zero-order chi connectivity index (χ0) is 15.7. The lowest BCUT2D eigenvalue weighted by atomic mass is 9.98. The molecule has 0 bridgehead atoms. The van der Waals surface area contributed by atoms with E-state index in [1.807, 2.05) is 19.1 Å². The minimum Gasteiger partial charge on any atom is -0.398 e. The van der Waals surface area contributed by atoms with Crippen LogP contribution in [-0.2, 0) is 9.59 Å². The fraction of sp³-hybridized carbons (Fsp3) is 0.429. The van der Waals surface area contributed by atoms with Crippen molar-refractivity contribution in [1.29, 1.82) is 0 Å². The first-order chi connectivity index (χ1) is 9.85. The Morgan fingerprint density at radius 2 is 2.10 bits per heavy atom. The van der Waals surface area contributed by atoms with Gasteiger partial charge in [-0.25, -0.2) is 0 Å². The Bertz CT molecular complexity index is 592. The number of rotatable bonds is 4. The molecule has 4 N–H and O–H groups in total. The van der Waals surface area contributed by atoms with E-state index in [-0.39, 0.29) is 11.8 Å². The molecule has 2 rings (SSSR count). The number of benzene rings is 1. The molecule has 1 aliphatic rings. The number of anilines is 1. The summed E-state index contributed by atoms with van der Waals surface area (Å²) in [6.45, 7) is 2.34. The molecule has 7 heteroatoms. The van der Waals surface area contributed by atoms with Gasteiger partial charge in [0, 0.05) is 33.5 Å². The van der Waals surface area contributed by atoms with Crippen LogP contribution in [0.5, 0.6) is 0 Å². The van der Waals surface area contributed by atoms with Crippen molar-refractivity contribution < 1.29 is 9.59 Å². The van der Waals surface area contributed by atoms with Gasteiger partial charge in [0.15, 0.2) is 0 Å². The van der Waals surface area contributed by atoms with Crippen LogP contribution >= 0.6 is 31.9 Å². The number of primary amides is 1. The van der Waals surface area contributed by atoms with Crippen molar-refractivity contribution in [2.45, 2.75) is 31.7 Å². The number of nitrogen functional groups attached to an aromatic ring is 1. The Balaban J connectivity index is 2.27. The molecule has 0 spiro atoms. The van der Waals surface area contributed by atoms with Crippen LogP contribution in [0.2, 0.25) is 0 Å². The number of carbonyl (C=O) groups is 2. The molecule has 2 amide bonds. The maximum atomic E-state index is 12.2. The van der Waals surface area contributed by atoms with Crippen LogP contribution in [0.4, 0.5) is 5.69 Å². The van der Waals surface area contributed by atoms with Crippen molar-refractivity contribution in [2.75, 3.05) is 12.3 Å². The number of halogens is 2. The first kappa shape index (κ1) is 16.3. The van der Waals surface area contributed by atoms with E-state index < -0.39 is 11.9 Å². The lowest BCUT2D eigenvalue weighted by Gasteiger charge is -2.24. The molecule has 1 aromatic carbocycles. The van der Waals surface area contributed by atoms with Crippen molar-refractivity contribution in [2.24, 2.45) is 5.73 Å². The third-order valence-corrected chi connectivity index (χ3v) is 5.18. The van der Waals surface area contributed by atoms with Gasteiger partial charge in [-0.05, 0) is 40.0 Å². The number of nitrogens with two attached hydrogens (primary N) is 2. The average Bonchev–Trinajstić information content (AvgIpc) is 2.76. The number of hydrogen-bond acceptors (Lipinski definition) is 3. The Morgan fingerprint density at radius 3 is 2.67 bits per heavy atom. The van der Waals surface area contributed by atoms with Crippen LogP contribution < -0.4 is 11.5 Å². The standard InChI is InChI=1S/C14H17Br2N3O2/c1-2-12(14(18)21)19-6-7(3-13(19)20)8-4-11(17)10(16)5-9(8)15/h4-5,7,12H,2-3,6,17H2,1H3,(H2,18,21)/t7?,12-/m0/s1. The smallest absolute Gasteiger partial charge is 0.240 e. The highest BCUT2D eigenvalue weighted by Gasteiger charge is 2.37. The Morgan fingerprint density at radius 1 is 1.43 bits per heavy atom. The maximum Gasteiger partial charge on any atom is 0.240 e. The minimum atomic E-state index is -0.533. The summed E-state index contributed by atoms with van der Waals surface area (Å²) in [7, 11) is 0. The fourth-order valence-electron chi connectivity index (χ4n) is 2.71. The van der Waals surface area contributed by atoms with Gasteiger partial charge in [0.25, 0.3) is 0 Å². The first-order valence-electron chi connectivity index (χ1n) is 6.68. The van der Waals surface area contributed by atoms with E-state index in [1.165, 1.54) is 0 Å². The molecule has 1 aromatic rings. The van der Waals surface area contributed by atoms with Gasteiger partial charge in [-0.3, -0.25) is 9.59 Å². The molecule has 5 nitrogen and oxygen atoms in total. The largest absolute Gasteiger partial charge is 0.398 e. The zero-order valence-corrected chi connectivity index (χ0v) is 14.8. The second kappa shape index (κ2) is 6.36. The molecule has 0 saturated carbocycles. The highest BCUT2D eigenvalue weighted by atomic mass is 79.9. The molecule has 1 aliphatic heterocycles. The van der Waals surface area contributed by atoms with E-state index in [0.29, 0.717) is 25.1 Å². The Labute approximate surface area is 140 Å². The monoisotopic (exact) mass is 417 g/mol. The number of hydrogen-bond donors (Lipinski definition) is 2. The van der Waals surface area contributed by atoms with E-state index in [0.717, 1.165) is 14.5 Å². The summed E-state index contributed by atoms with van der Waals surface area (Å²) < 4.78 is 1.71. The van der Waals surface area contributed by atoms with Crippen molar-refractivity contribution >= 4 is 49.4 Å². The molecule has 1 heterocycles. The van der Waals surface area contributed by atoms with Gasteiger partial charge in [0.2, 0.25) is 11.8 Å². The molecular formula is C14H17Br2N3O2. The predicted octanol–water partition coefficient (Wildman–Crippen LogP) is 2.37.